The Balaban J connectivity index is 2.33. The van der Waals surface area contributed by atoms with Crippen LogP contribution in [0.5, 0.6) is 0 Å². The van der Waals surface area contributed by atoms with Crippen LogP contribution in [0.15, 0.2) is 28.7 Å². The Bertz CT molecular complexity index is 494. The molecule has 1 atom stereocenters. The maximum Gasteiger partial charge on any atom is 0.249 e. The van der Waals surface area contributed by atoms with Crippen molar-refractivity contribution in [1.29, 1.82) is 0 Å². The SMILES string of the molecule is CCC(NC)c1nnc(-c2ccccc2Cl)o1. The lowest BCUT2D eigenvalue weighted by molar-refractivity contribution is 0.415. The van der Waals surface area contributed by atoms with Crippen molar-refractivity contribution < 1.29 is 4.42 Å². The molecule has 17 heavy (non-hydrogen) atoms. The summed E-state index contributed by atoms with van der Waals surface area (Å²) in [5.41, 5.74) is 0.763. The highest BCUT2D eigenvalue weighted by Crippen LogP contribution is 2.27. The second kappa shape index (κ2) is 5.29. The number of aromatic nitrogens is 2. The van der Waals surface area contributed by atoms with Gasteiger partial charge in [0.2, 0.25) is 11.8 Å². The number of rotatable bonds is 4. The predicted molar refractivity (Wildman–Crippen MR) is 66.8 cm³/mol. The third kappa shape index (κ3) is 2.48. The molecule has 0 aliphatic carbocycles. The number of halogens is 1. The van der Waals surface area contributed by atoms with E-state index in [1.54, 1.807) is 6.07 Å². The normalized spacial score (nSPS) is 12.6. The largest absolute Gasteiger partial charge is 0.419 e. The first kappa shape index (κ1) is 12.1. The van der Waals surface area contributed by atoms with Gasteiger partial charge in [-0.3, -0.25) is 0 Å². The zero-order valence-corrected chi connectivity index (χ0v) is 10.5. The molecule has 90 valence electrons. The predicted octanol–water partition coefficient (Wildman–Crippen LogP) is 3.06. The lowest BCUT2D eigenvalue weighted by Gasteiger charge is -2.07. The molecule has 1 heterocycles. The van der Waals surface area contributed by atoms with Crippen LogP contribution in [0.1, 0.15) is 25.3 Å². The second-order valence-corrected chi connectivity index (χ2v) is 4.08. The van der Waals surface area contributed by atoms with Gasteiger partial charge in [-0.15, -0.1) is 10.2 Å². The molecule has 0 amide bonds. The maximum atomic E-state index is 6.07. The van der Waals surface area contributed by atoms with Crippen LogP contribution in [-0.2, 0) is 0 Å². The van der Waals surface area contributed by atoms with Crippen molar-refractivity contribution in [2.45, 2.75) is 19.4 Å². The summed E-state index contributed by atoms with van der Waals surface area (Å²) < 4.78 is 5.63. The smallest absolute Gasteiger partial charge is 0.249 e. The molecule has 2 aromatic rings. The standard InChI is InChI=1S/C12H14ClN3O/c1-3-10(14-2)12-16-15-11(17-12)8-6-4-5-7-9(8)13/h4-7,10,14H,3H2,1-2H3. The summed E-state index contributed by atoms with van der Waals surface area (Å²) in [4.78, 5) is 0. The zero-order valence-electron chi connectivity index (χ0n) is 9.77. The Kier molecular flexibility index (Phi) is 3.76. The van der Waals surface area contributed by atoms with Gasteiger partial charge in [-0.2, -0.15) is 0 Å². The fourth-order valence-electron chi connectivity index (χ4n) is 1.62. The summed E-state index contributed by atoms with van der Waals surface area (Å²) in [5, 5.41) is 11.8. The minimum atomic E-state index is 0.0822. The van der Waals surface area contributed by atoms with Crippen LogP contribution in [0.25, 0.3) is 11.5 Å². The summed E-state index contributed by atoms with van der Waals surface area (Å²) in [5.74, 6) is 1.05. The van der Waals surface area contributed by atoms with Gasteiger partial charge in [-0.1, -0.05) is 30.7 Å². The fourth-order valence-corrected chi connectivity index (χ4v) is 1.84. The first-order valence-corrected chi connectivity index (χ1v) is 5.89. The van der Waals surface area contributed by atoms with Gasteiger partial charge in [0, 0.05) is 0 Å². The van der Waals surface area contributed by atoms with Crippen LogP contribution in [0.4, 0.5) is 0 Å². The van der Waals surface area contributed by atoms with E-state index in [2.05, 4.69) is 22.4 Å². The van der Waals surface area contributed by atoms with Crippen LogP contribution in [0, 0.1) is 0 Å². The highest BCUT2D eigenvalue weighted by atomic mass is 35.5. The molecule has 0 bridgehead atoms. The van der Waals surface area contributed by atoms with Crippen molar-refractivity contribution in [1.82, 2.24) is 15.5 Å². The molecular formula is C12H14ClN3O. The van der Waals surface area contributed by atoms with E-state index in [-0.39, 0.29) is 6.04 Å². The van der Waals surface area contributed by atoms with Crippen molar-refractivity contribution in [3.05, 3.63) is 35.2 Å². The van der Waals surface area contributed by atoms with E-state index in [0.29, 0.717) is 16.8 Å². The molecule has 0 saturated heterocycles. The van der Waals surface area contributed by atoms with Crippen LogP contribution >= 0.6 is 11.6 Å². The first-order chi connectivity index (χ1) is 8.26. The molecule has 0 saturated carbocycles. The Morgan fingerprint density at radius 3 is 2.76 bits per heavy atom. The molecule has 1 unspecified atom stereocenters. The van der Waals surface area contributed by atoms with Crippen molar-refractivity contribution in [2.75, 3.05) is 7.05 Å². The molecule has 5 heteroatoms. The lowest BCUT2D eigenvalue weighted by atomic mass is 10.2. The van der Waals surface area contributed by atoms with Crippen LogP contribution in [0.3, 0.4) is 0 Å². The van der Waals surface area contributed by atoms with Gasteiger partial charge >= 0.3 is 0 Å². The second-order valence-electron chi connectivity index (χ2n) is 3.67. The Hall–Kier alpha value is -1.39. The summed E-state index contributed by atoms with van der Waals surface area (Å²) in [6, 6.07) is 7.50. The maximum absolute atomic E-state index is 6.07. The minimum absolute atomic E-state index is 0.0822. The summed E-state index contributed by atoms with van der Waals surface area (Å²) >= 11 is 6.07. The van der Waals surface area contributed by atoms with E-state index >= 15 is 0 Å². The molecular weight excluding hydrogens is 238 g/mol. The third-order valence-corrected chi connectivity index (χ3v) is 2.93. The molecule has 0 spiro atoms. The molecule has 0 fully saturated rings. The molecule has 1 N–H and O–H groups in total. The van der Waals surface area contributed by atoms with Gasteiger partial charge in [-0.25, -0.2) is 0 Å². The number of hydrogen-bond donors (Lipinski definition) is 1. The van der Waals surface area contributed by atoms with Gasteiger partial charge in [0.15, 0.2) is 0 Å². The molecule has 1 aromatic carbocycles. The molecule has 1 aromatic heterocycles. The van der Waals surface area contributed by atoms with Crippen LogP contribution < -0.4 is 5.32 Å². The van der Waals surface area contributed by atoms with Crippen molar-refractivity contribution >= 4 is 11.6 Å². The highest BCUT2D eigenvalue weighted by molar-refractivity contribution is 6.33. The van der Waals surface area contributed by atoms with Gasteiger partial charge in [0.05, 0.1) is 16.6 Å². The molecule has 0 aliphatic rings. The molecule has 0 aliphatic heterocycles. The van der Waals surface area contributed by atoms with Crippen LogP contribution in [0.2, 0.25) is 5.02 Å². The molecule has 2 rings (SSSR count). The molecule has 0 radical (unpaired) electrons. The fraction of sp³-hybridized carbons (Fsp3) is 0.333. The van der Waals surface area contributed by atoms with Gasteiger partial charge in [0.1, 0.15) is 0 Å². The number of nitrogens with one attached hydrogen (secondary N) is 1. The number of benzene rings is 1. The monoisotopic (exact) mass is 251 g/mol. The third-order valence-electron chi connectivity index (χ3n) is 2.60. The summed E-state index contributed by atoms with van der Waals surface area (Å²) in [7, 11) is 1.87. The lowest BCUT2D eigenvalue weighted by Crippen LogP contribution is -2.15. The number of hydrogen-bond acceptors (Lipinski definition) is 4. The van der Waals surface area contributed by atoms with E-state index in [0.717, 1.165) is 12.0 Å². The van der Waals surface area contributed by atoms with E-state index in [1.165, 1.54) is 0 Å². The van der Waals surface area contributed by atoms with E-state index in [4.69, 9.17) is 16.0 Å². The van der Waals surface area contributed by atoms with Crippen molar-refractivity contribution in [2.24, 2.45) is 0 Å². The minimum Gasteiger partial charge on any atom is -0.419 e. The van der Waals surface area contributed by atoms with E-state index in [1.807, 2.05) is 25.2 Å². The topological polar surface area (TPSA) is 51.0 Å². The first-order valence-electron chi connectivity index (χ1n) is 5.51. The molecule has 4 nitrogen and oxygen atoms in total. The van der Waals surface area contributed by atoms with Crippen molar-refractivity contribution in [3.63, 3.8) is 0 Å². The zero-order chi connectivity index (χ0) is 12.3. The average molecular weight is 252 g/mol. The van der Waals surface area contributed by atoms with Crippen LogP contribution in [-0.4, -0.2) is 17.2 Å². The Morgan fingerprint density at radius 2 is 2.12 bits per heavy atom. The van der Waals surface area contributed by atoms with E-state index in [9.17, 15) is 0 Å². The van der Waals surface area contributed by atoms with E-state index < -0.39 is 0 Å². The summed E-state index contributed by atoms with van der Waals surface area (Å²) in [6.07, 6.45) is 0.890. The highest BCUT2D eigenvalue weighted by Gasteiger charge is 2.16. The Morgan fingerprint density at radius 1 is 1.35 bits per heavy atom. The van der Waals surface area contributed by atoms with Gasteiger partial charge < -0.3 is 9.73 Å². The Labute approximate surface area is 105 Å². The average Bonchev–Trinajstić information content (AvgIpc) is 2.81. The van der Waals surface area contributed by atoms with Crippen molar-refractivity contribution in [3.8, 4) is 11.5 Å². The summed E-state index contributed by atoms with van der Waals surface area (Å²) in [6.45, 7) is 2.06. The quantitative estimate of drug-likeness (QED) is 0.907. The van der Waals surface area contributed by atoms with Gasteiger partial charge in [-0.05, 0) is 25.6 Å². The van der Waals surface area contributed by atoms with Gasteiger partial charge in [0.25, 0.3) is 0 Å². The number of nitrogens with zero attached hydrogens (tertiary/aromatic N) is 2.